The molecule has 2 fully saturated rings. The predicted molar refractivity (Wildman–Crippen MR) is 47.9 cm³/mol. The van der Waals surface area contributed by atoms with Crippen molar-refractivity contribution in [3.05, 3.63) is 0 Å². The molecule has 3 heteroatoms. The van der Waals surface area contributed by atoms with Crippen molar-refractivity contribution in [3.63, 3.8) is 0 Å². The van der Waals surface area contributed by atoms with Crippen LogP contribution in [0.1, 0.15) is 32.6 Å². The minimum absolute atomic E-state index is 0.451. The molecule has 2 aliphatic carbocycles. The lowest BCUT2D eigenvalue weighted by atomic mass is 10.0. The van der Waals surface area contributed by atoms with Gasteiger partial charge in [0.2, 0.25) is 6.08 Å². The van der Waals surface area contributed by atoms with Crippen LogP contribution in [-0.4, -0.2) is 18.4 Å². The van der Waals surface area contributed by atoms with Gasteiger partial charge in [0, 0.05) is 18.4 Å². The zero-order chi connectivity index (χ0) is 9.31. The zero-order valence-corrected chi connectivity index (χ0v) is 7.95. The largest absolute Gasteiger partial charge is 0.353 e. The Hall–Kier alpha value is -0.660. The van der Waals surface area contributed by atoms with Gasteiger partial charge in [0.15, 0.2) is 5.72 Å². The van der Waals surface area contributed by atoms with Crippen LogP contribution in [0.15, 0.2) is 4.99 Å². The molecule has 0 radical (unpaired) electrons. The molecule has 0 bridgehead atoms. The van der Waals surface area contributed by atoms with Crippen LogP contribution in [0.4, 0.5) is 0 Å². The van der Waals surface area contributed by atoms with Crippen molar-refractivity contribution in [2.75, 3.05) is 6.61 Å². The van der Waals surface area contributed by atoms with Crippen LogP contribution in [-0.2, 0) is 9.53 Å². The molecule has 3 atom stereocenters. The number of rotatable bonds is 3. The average molecular weight is 181 g/mol. The van der Waals surface area contributed by atoms with Crippen molar-refractivity contribution in [2.24, 2.45) is 16.8 Å². The first kappa shape index (κ1) is 8.92. The van der Waals surface area contributed by atoms with Crippen LogP contribution in [0.2, 0.25) is 0 Å². The quantitative estimate of drug-likeness (QED) is 0.492. The lowest BCUT2D eigenvalue weighted by Gasteiger charge is -2.09. The molecular formula is C10H15NO2. The van der Waals surface area contributed by atoms with Crippen molar-refractivity contribution in [1.82, 2.24) is 0 Å². The van der Waals surface area contributed by atoms with Crippen LogP contribution in [0.5, 0.6) is 0 Å². The monoisotopic (exact) mass is 181 g/mol. The molecule has 0 aromatic carbocycles. The molecule has 0 aromatic rings. The Balaban J connectivity index is 2.12. The van der Waals surface area contributed by atoms with Crippen LogP contribution in [0, 0.1) is 11.8 Å². The smallest absolute Gasteiger partial charge is 0.237 e. The summed E-state index contributed by atoms with van der Waals surface area (Å²) in [4.78, 5) is 14.2. The molecule has 0 N–H and O–H groups in total. The molecule has 0 saturated heterocycles. The first-order chi connectivity index (χ1) is 6.35. The summed E-state index contributed by atoms with van der Waals surface area (Å²) in [6.07, 6.45) is 6.50. The fraction of sp³-hybridized carbons (Fsp3) is 0.900. The molecule has 0 aromatic heterocycles. The molecule has 2 saturated carbocycles. The van der Waals surface area contributed by atoms with E-state index in [-0.39, 0.29) is 0 Å². The highest BCUT2D eigenvalue weighted by Gasteiger charge is 2.66. The van der Waals surface area contributed by atoms with E-state index in [0.29, 0.717) is 18.4 Å². The maximum Gasteiger partial charge on any atom is 0.237 e. The molecule has 72 valence electrons. The second-order valence-corrected chi connectivity index (χ2v) is 3.89. The van der Waals surface area contributed by atoms with Gasteiger partial charge in [-0.05, 0) is 19.8 Å². The Kier molecular flexibility index (Phi) is 2.22. The standard InChI is InChI=1S/C10H15NO2/c1-2-13-10(11-7-12)8-5-3-4-6-9(8)10/h8-9H,2-6H2,1H3/t8-,9+,10?. The maximum atomic E-state index is 10.3. The van der Waals surface area contributed by atoms with E-state index in [9.17, 15) is 4.79 Å². The Bertz CT molecular complexity index is 233. The molecule has 2 rings (SSSR count). The van der Waals surface area contributed by atoms with Crippen LogP contribution in [0.3, 0.4) is 0 Å². The predicted octanol–water partition coefficient (Wildman–Crippen LogP) is 1.88. The highest BCUT2D eigenvalue weighted by molar-refractivity contribution is 5.37. The highest BCUT2D eigenvalue weighted by Crippen LogP contribution is 2.61. The lowest BCUT2D eigenvalue weighted by Crippen LogP contribution is -2.15. The lowest BCUT2D eigenvalue weighted by molar-refractivity contribution is 0.0266. The minimum Gasteiger partial charge on any atom is -0.353 e. The third kappa shape index (κ3) is 1.23. The van der Waals surface area contributed by atoms with Gasteiger partial charge in [-0.2, -0.15) is 4.99 Å². The molecule has 0 aliphatic heterocycles. The maximum absolute atomic E-state index is 10.3. The van der Waals surface area contributed by atoms with Gasteiger partial charge < -0.3 is 4.74 Å². The topological polar surface area (TPSA) is 38.7 Å². The molecule has 0 amide bonds. The summed E-state index contributed by atoms with van der Waals surface area (Å²) in [5, 5.41) is 0. The fourth-order valence-electron chi connectivity index (χ4n) is 2.75. The summed E-state index contributed by atoms with van der Waals surface area (Å²) >= 11 is 0. The van der Waals surface area contributed by atoms with Crippen molar-refractivity contribution < 1.29 is 9.53 Å². The molecule has 0 spiro atoms. The van der Waals surface area contributed by atoms with Gasteiger partial charge in [-0.1, -0.05) is 12.8 Å². The number of hydrogen-bond donors (Lipinski definition) is 0. The third-order valence-corrected chi connectivity index (χ3v) is 3.32. The number of isocyanates is 1. The van der Waals surface area contributed by atoms with Gasteiger partial charge in [0.05, 0.1) is 0 Å². The van der Waals surface area contributed by atoms with Crippen LogP contribution < -0.4 is 0 Å². The van der Waals surface area contributed by atoms with Gasteiger partial charge in [0.1, 0.15) is 0 Å². The zero-order valence-electron chi connectivity index (χ0n) is 7.95. The summed E-state index contributed by atoms with van der Waals surface area (Å²) in [5.74, 6) is 1.00. The average Bonchev–Trinajstić information content (AvgIpc) is 2.77. The third-order valence-electron chi connectivity index (χ3n) is 3.32. The fourth-order valence-corrected chi connectivity index (χ4v) is 2.75. The number of aliphatic imine (C=N–C) groups is 1. The molecule has 0 heterocycles. The SMILES string of the molecule is CCOC1(N=C=O)[C@@H]2CCCC[C@@H]21. The van der Waals surface area contributed by atoms with Gasteiger partial charge >= 0.3 is 0 Å². The first-order valence-corrected chi connectivity index (χ1v) is 5.08. The first-order valence-electron chi connectivity index (χ1n) is 5.08. The Labute approximate surface area is 78.2 Å². The van der Waals surface area contributed by atoms with Gasteiger partial charge in [-0.15, -0.1) is 0 Å². The Morgan fingerprint density at radius 1 is 1.46 bits per heavy atom. The number of nitrogens with zero attached hydrogens (tertiary/aromatic N) is 1. The van der Waals surface area contributed by atoms with E-state index in [2.05, 4.69) is 4.99 Å². The molecule has 1 unspecified atom stereocenters. The van der Waals surface area contributed by atoms with Crippen molar-refractivity contribution >= 4 is 6.08 Å². The van der Waals surface area contributed by atoms with E-state index in [4.69, 9.17) is 4.74 Å². The second-order valence-electron chi connectivity index (χ2n) is 3.89. The van der Waals surface area contributed by atoms with E-state index in [1.165, 1.54) is 12.8 Å². The summed E-state index contributed by atoms with van der Waals surface area (Å²) in [6, 6.07) is 0. The normalized spacial score (nSPS) is 41.9. The highest BCUT2D eigenvalue weighted by atomic mass is 16.5. The van der Waals surface area contributed by atoms with E-state index in [1.54, 1.807) is 6.08 Å². The summed E-state index contributed by atoms with van der Waals surface area (Å²) < 4.78 is 5.60. The van der Waals surface area contributed by atoms with Crippen LogP contribution in [0.25, 0.3) is 0 Å². The van der Waals surface area contributed by atoms with E-state index in [1.807, 2.05) is 6.92 Å². The number of ether oxygens (including phenoxy) is 1. The number of fused-ring (bicyclic) bond motifs is 1. The molecular weight excluding hydrogens is 166 g/mol. The van der Waals surface area contributed by atoms with Gasteiger partial charge in [-0.25, -0.2) is 4.79 Å². The van der Waals surface area contributed by atoms with Crippen molar-refractivity contribution in [2.45, 2.75) is 38.3 Å². The summed E-state index contributed by atoms with van der Waals surface area (Å²) in [6.45, 7) is 2.59. The number of carbonyl (C=O) groups excluding carboxylic acids is 1. The number of hydrogen-bond acceptors (Lipinski definition) is 3. The molecule has 3 nitrogen and oxygen atoms in total. The molecule has 13 heavy (non-hydrogen) atoms. The summed E-state index contributed by atoms with van der Waals surface area (Å²) in [5.41, 5.74) is -0.451. The van der Waals surface area contributed by atoms with E-state index < -0.39 is 5.72 Å². The van der Waals surface area contributed by atoms with Crippen molar-refractivity contribution in [1.29, 1.82) is 0 Å². The second kappa shape index (κ2) is 3.24. The summed E-state index contributed by atoms with van der Waals surface area (Å²) in [7, 11) is 0. The molecule has 2 aliphatic rings. The van der Waals surface area contributed by atoms with Crippen LogP contribution >= 0.6 is 0 Å². The van der Waals surface area contributed by atoms with E-state index >= 15 is 0 Å². The van der Waals surface area contributed by atoms with Gasteiger partial charge in [-0.3, -0.25) is 0 Å². The van der Waals surface area contributed by atoms with Crippen molar-refractivity contribution in [3.8, 4) is 0 Å². The van der Waals surface area contributed by atoms with Gasteiger partial charge in [0.25, 0.3) is 0 Å². The van der Waals surface area contributed by atoms with E-state index in [0.717, 1.165) is 12.8 Å². The Morgan fingerprint density at radius 2 is 2.08 bits per heavy atom. The Morgan fingerprint density at radius 3 is 2.54 bits per heavy atom. The minimum atomic E-state index is -0.451.